The number of aromatic amines is 1. The zero-order valence-electron chi connectivity index (χ0n) is 14.5. The molecular weight excluding hydrogens is 325 g/mol. The molecule has 6 nitrogen and oxygen atoms in total. The van der Waals surface area contributed by atoms with Gasteiger partial charge in [0.25, 0.3) is 0 Å². The Bertz CT molecular complexity index is 719. The van der Waals surface area contributed by atoms with Crippen LogP contribution in [0.4, 0.5) is 4.39 Å². The summed E-state index contributed by atoms with van der Waals surface area (Å²) in [4.78, 5) is 21.4. The number of ether oxygens (including phenoxy) is 2. The third-order valence-corrected chi connectivity index (χ3v) is 4.25. The van der Waals surface area contributed by atoms with E-state index in [-0.39, 0.29) is 31.0 Å². The Morgan fingerprint density at radius 2 is 2.36 bits per heavy atom. The van der Waals surface area contributed by atoms with Crippen LogP contribution in [-0.4, -0.2) is 53.2 Å². The minimum absolute atomic E-state index is 0.00586. The maximum absolute atomic E-state index is 13.2. The van der Waals surface area contributed by atoms with Crippen LogP contribution >= 0.6 is 0 Å². The van der Waals surface area contributed by atoms with E-state index in [1.165, 1.54) is 12.1 Å². The number of halogens is 1. The number of carbonyl (C=O) groups excluding carboxylic acids is 1. The van der Waals surface area contributed by atoms with Gasteiger partial charge in [-0.3, -0.25) is 4.79 Å². The number of benzene rings is 1. The highest BCUT2D eigenvalue weighted by molar-refractivity contribution is 5.77. The Morgan fingerprint density at radius 3 is 3.20 bits per heavy atom. The largest absolute Gasteiger partial charge is 0.376 e. The molecular formula is C18H24FN3O3. The average Bonchev–Trinajstić information content (AvgIpc) is 3.02. The quantitative estimate of drug-likeness (QED) is 0.834. The van der Waals surface area contributed by atoms with Crippen molar-refractivity contribution in [2.45, 2.75) is 38.9 Å². The predicted octanol–water partition coefficient (Wildman–Crippen LogP) is 2.64. The van der Waals surface area contributed by atoms with E-state index in [9.17, 15) is 9.18 Å². The van der Waals surface area contributed by atoms with Gasteiger partial charge in [0.05, 0.1) is 17.1 Å². The molecule has 1 fully saturated rings. The standard InChI is InChI=1S/C18H24FN3O3/c1-2-8-25-14-4-3-7-22(10-14)18(23)12-24-11-17-20-15-6-5-13(19)9-16(15)21-17/h5-6,9,14H,2-4,7-8,10-12H2,1H3,(H,20,21). The number of carbonyl (C=O) groups is 1. The first-order chi connectivity index (χ1) is 12.2. The van der Waals surface area contributed by atoms with E-state index in [2.05, 4.69) is 16.9 Å². The SMILES string of the molecule is CCCOC1CCCN(C(=O)COCc2nc3ccc(F)cc3[nH]2)C1. The van der Waals surface area contributed by atoms with Crippen LogP contribution in [0, 0.1) is 5.82 Å². The number of amides is 1. The van der Waals surface area contributed by atoms with E-state index in [1.54, 1.807) is 11.0 Å². The second-order valence-corrected chi connectivity index (χ2v) is 6.31. The van der Waals surface area contributed by atoms with Crippen LogP contribution in [0.2, 0.25) is 0 Å². The Morgan fingerprint density at radius 1 is 1.48 bits per heavy atom. The van der Waals surface area contributed by atoms with Crippen LogP contribution in [-0.2, 0) is 20.9 Å². The van der Waals surface area contributed by atoms with Gasteiger partial charge in [-0.15, -0.1) is 0 Å². The smallest absolute Gasteiger partial charge is 0.248 e. The van der Waals surface area contributed by atoms with Crippen molar-refractivity contribution >= 4 is 16.9 Å². The summed E-state index contributed by atoms with van der Waals surface area (Å²) in [6, 6.07) is 4.37. The molecule has 1 amide bonds. The molecule has 0 saturated carbocycles. The summed E-state index contributed by atoms with van der Waals surface area (Å²) in [5.41, 5.74) is 1.30. The molecule has 2 heterocycles. The highest BCUT2D eigenvalue weighted by atomic mass is 19.1. The van der Waals surface area contributed by atoms with Crippen LogP contribution < -0.4 is 0 Å². The van der Waals surface area contributed by atoms with Gasteiger partial charge in [-0.2, -0.15) is 0 Å². The first-order valence-corrected chi connectivity index (χ1v) is 8.77. The average molecular weight is 349 g/mol. The predicted molar refractivity (Wildman–Crippen MR) is 91.6 cm³/mol. The second-order valence-electron chi connectivity index (χ2n) is 6.31. The van der Waals surface area contributed by atoms with Gasteiger partial charge in [-0.25, -0.2) is 9.37 Å². The number of imidazole rings is 1. The molecule has 1 unspecified atom stereocenters. The van der Waals surface area contributed by atoms with Crippen molar-refractivity contribution < 1.29 is 18.7 Å². The zero-order chi connectivity index (χ0) is 17.6. The maximum atomic E-state index is 13.2. The molecule has 0 spiro atoms. The third-order valence-electron chi connectivity index (χ3n) is 4.25. The van der Waals surface area contributed by atoms with Crippen molar-refractivity contribution in [2.24, 2.45) is 0 Å². The lowest BCUT2D eigenvalue weighted by molar-refractivity contribution is -0.140. The van der Waals surface area contributed by atoms with Crippen molar-refractivity contribution in [1.29, 1.82) is 0 Å². The lowest BCUT2D eigenvalue weighted by Crippen LogP contribution is -2.44. The molecule has 0 radical (unpaired) electrons. The minimum atomic E-state index is -0.316. The molecule has 7 heteroatoms. The van der Waals surface area contributed by atoms with Gasteiger partial charge in [0.1, 0.15) is 24.9 Å². The molecule has 136 valence electrons. The number of nitrogens with one attached hydrogen (secondary N) is 1. The van der Waals surface area contributed by atoms with Gasteiger partial charge in [-0.1, -0.05) is 6.92 Å². The summed E-state index contributed by atoms with van der Waals surface area (Å²) in [6.45, 7) is 4.38. The second kappa shape index (κ2) is 8.40. The minimum Gasteiger partial charge on any atom is -0.376 e. The number of H-pyrrole nitrogens is 1. The number of aromatic nitrogens is 2. The van der Waals surface area contributed by atoms with Crippen molar-refractivity contribution in [3.8, 4) is 0 Å². The van der Waals surface area contributed by atoms with Gasteiger partial charge in [-0.05, 0) is 37.5 Å². The Balaban J connectivity index is 1.46. The van der Waals surface area contributed by atoms with E-state index in [0.29, 0.717) is 23.4 Å². The zero-order valence-corrected chi connectivity index (χ0v) is 14.5. The number of likely N-dealkylation sites (tertiary alicyclic amines) is 1. The molecule has 1 aliphatic heterocycles. The van der Waals surface area contributed by atoms with Crippen LogP contribution in [0.1, 0.15) is 32.0 Å². The lowest BCUT2D eigenvalue weighted by Gasteiger charge is -2.32. The van der Waals surface area contributed by atoms with Crippen LogP contribution in [0.25, 0.3) is 11.0 Å². The lowest BCUT2D eigenvalue weighted by atomic mass is 10.1. The molecule has 25 heavy (non-hydrogen) atoms. The summed E-state index contributed by atoms with van der Waals surface area (Å²) in [5, 5.41) is 0. The number of nitrogens with zero attached hydrogens (tertiary/aromatic N) is 2. The van der Waals surface area contributed by atoms with E-state index in [1.807, 2.05) is 0 Å². The molecule has 2 aromatic rings. The Labute approximate surface area is 146 Å². The fourth-order valence-corrected chi connectivity index (χ4v) is 3.01. The highest BCUT2D eigenvalue weighted by Crippen LogP contribution is 2.15. The highest BCUT2D eigenvalue weighted by Gasteiger charge is 2.24. The fraction of sp³-hybridized carbons (Fsp3) is 0.556. The summed E-state index contributed by atoms with van der Waals surface area (Å²) in [6.07, 6.45) is 3.06. The fourth-order valence-electron chi connectivity index (χ4n) is 3.01. The van der Waals surface area contributed by atoms with Crippen molar-refractivity contribution in [3.63, 3.8) is 0 Å². The molecule has 1 atom stereocenters. The molecule has 1 saturated heterocycles. The number of rotatable bonds is 7. The Kier molecular flexibility index (Phi) is 5.99. The van der Waals surface area contributed by atoms with Crippen LogP contribution in [0.5, 0.6) is 0 Å². The maximum Gasteiger partial charge on any atom is 0.248 e. The van der Waals surface area contributed by atoms with Crippen LogP contribution in [0.15, 0.2) is 18.2 Å². The van der Waals surface area contributed by atoms with Crippen molar-refractivity contribution in [3.05, 3.63) is 29.8 Å². The first kappa shape index (κ1) is 17.8. The van der Waals surface area contributed by atoms with Crippen molar-refractivity contribution in [2.75, 3.05) is 26.3 Å². The topological polar surface area (TPSA) is 67.4 Å². The Hall–Kier alpha value is -1.99. The molecule has 1 aromatic carbocycles. The summed E-state index contributed by atoms with van der Waals surface area (Å²) in [5.74, 6) is 0.229. The molecule has 3 rings (SSSR count). The third kappa shape index (κ3) is 4.76. The van der Waals surface area contributed by atoms with Gasteiger partial charge in [0.15, 0.2) is 0 Å². The summed E-state index contributed by atoms with van der Waals surface area (Å²) in [7, 11) is 0. The molecule has 1 N–H and O–H groups in total. The number of hydrogen-bond acceptors (Lipinski definition) is 4. The van der Waals surface area contributed by atoms with Gasteiger partial charge in [0.2, 0.25) is 5.91 Å². The molecule has 1 aliphatic rings. The van der Waals surface area contributed by atoms with E-state index in [4.69, 9.17) is 9.47 Å². The number of fused-ring (bicyclic) bond motifs is 1. The van der Waals surface area contributed by atoms with E-state index < -0.39 is 0 Å². The van der Waals surface area contributed by atoms with Crippen molar-refractivity contribution in [1.82, 2.24) is 14.9 Å². The van der Waals surface area contributed by atoms with E-state index >= 15 is 0 Å². The summed E-state index contributed by atoms with van der Waals surface area (Å²) >= 11 is 0. The van der Waals surface area contributed by atoms with Gasteiger partial charge >= 0.3 is 0 Å². The number of hydrogen-bond donors (Lipinski definition) is 1. The molecule has 1 aromatic heterocycles. The van der Waals surface area contributed by atoms with Gasteiger partial charge in [0, 0.05) is 19.7 Å². The normalized spacial score (nSPS) is 18.0. The number of piperidine rings is 1. The summed E-state index contributed by atoms with van der Waals surface area (Å²) < 4.78 is 24.4. The first-order valence-electron chi connectivity index (χ1n) is 8.77. The van der Waals surface area contributed by atoms with Crippen LogP contribution in [0.3, 0.4) is 0 Å². The van der Waals surface area contributed by atoms with Gasteiger partial charge < -0.3 is 19.4 Å². The monoisotopic (exact) mass is 349 g/mol. The molecule has 0 bridgehead atoms. The molecule has 0 aliphatic carbocycles. The van der Waals surface area contributed by atoms with E-state index in [0.717, 1.165) is 32.4 Å².